The molecular formula is C23H37N5O6. The zero-order valence-electron chi connectivity index (χ0n) is 21.6. The monoisotopic (exact) mass is 479 g/mol. The van der Waals surface area contributed by atoms with Crippen molar-refractivity contribution in [1.82, 2.24) is 19.6 Å². The number of carbonyl (C=O) groups excluding carboxylic acids is 3. The molecule has 1 aromatic rings. The van der Waals surface area contributed by atoms with Crippen LogP contribution in [0.3, 0.4) is 0 Å². The summed E-state index contributed by atoms with van der Waals surface area (Å²) in [7, 11) is 0. The lowest BCUT2D eigenvalue weighted by molar-refractivity contribution is -0.00619. The van der Waals surface area contributed by atoms with Crippen molar-refractivity contribution in [2.45, 2.75) is 79.1 Å². The molecule has 1 saturated heterocycles. The number of ether oxygens (including phenoxy) is 3. The van der Waals surface area contributed by atoms with Crippen molar-refractivity contribution < 1.29 is 28.6 Å². The lowest BCUT2D eigenvalue weighted by atomic mass is 10.0. The van der Waals surface area contributed by atoms with E-state index in [-0.39, 0.29) is 18.4 Å². The minimum atomic E-state index is -0.865. The summed E-state index contributed by atoms with van der Waals surface area (Å²) < 4.78 is 17.6. The molecule has 11 nitrogen and oxygen atoms in total. The predicted octanol–water partition coefficient (Wildman–Crippen LogP) is 4.13. The molecule has 34 heavy (non-hydrogen) atoms. The van der Waals surface area contributed by atoms with E-state index in [1.165, 1.54) is 15.8 Å². The van der Waals surface area contributed by atoms with E-state index in [0.29, 0.717) is 13.1 Å². The first-order valence-corrected chi connectivity index (χ1v) is 11.2. The van der Waals surface area contributed by atoms with E-state index in [4.69, 9.17) is 14.2 Å². The summed E-state index contributed by atoms with van der Waals surface area (Å²) >= 11 is 0. The normalized spacial score (nSPS) is 15.4. The van der Waals surface area contributed by atoms with E-state index < -0.39 is 35.1 Å². The maximum Gasteiger partial charge on any atom is 0.437 e. The molecule has 11 heteroatoms. The van der Waals surface area contributed by atoms with Crippen molar-refractivity contribution >= 4 is 24.2 Å². The molecule has 0 bridgehead atoms. The van der Waals surface area contributed by atoms with Crippen LogP contribution in [0.1, 0.15) is 62.3 Å². The summed E-state index contributed by atoms with van der Waals surface area (Å²) in [5, 5.41) is 4.14. The highest BCUT2D eigenvalue weighted by molar-refractivity contribution is 5.99. The van der Waals surface area contributed by atoms with Gasteiger partial charge in [0.2, 0.25) is 5.96 Å². The molecule has 3 amide bonds. The molecule has 0 spiro atoms. The molecule has 0 saturated carbocycles. The smallest absolute Gasteiger partial charge is 0.437 e. The van der Waals surface area contributed by atoms with E-state index >= 15 is 0 Å². The molecular weight excluding hydrogens is 442 g/mol. The van der Waals surface area contributed by atoms with E-state index in [0.717, 1.165) is 0 Å². The van der Waals surface area contributed by atoms with Crippen molar-refractivity contribution in [3.63, 3.8) is 0 Å². The van der Waals surface area contributed by atoms with Crippen LogP contribution in [0.2, 0.25) is 0 Å². The Kier molecular flexibility index (Phi) is 8.00. The Morgan fingerprint density at radius 3 is 1.97 bits per heavy atom. The summed E-state index contributed by atoms with van der Waals surface area (Å²) in [4.78, 5) is 44.8. The van der Waals surface area contributed by atoms with Gasteiger partial charge in [-0.2, -0.15) is 5.10 Å². The van der Waals surface area contributed by atoms with E-state index in [1.54, 1.807) is 79.5 Å². The first kappa shape index (κ1) is 27.1. The van der Waals surface area contributed by atoms with Gasteiger partial charge >= 0.3 is 18.3 Å². The van der Waals surface area contributed by atoms with Crippen molar-refractivity contribution in [1.29, 1.82) is 0 Å². The lowest BCUT2D eigenvalue weighted by Crippen LogP contribution is -2.57. The van der Waals surface area contributed by atoms with Gasteiger partial charge in [0, 0.05) is 37.9 Å². The van der Waals surface area contributed by atoms with Crippen molar-refractivity contribution in [3.05, 3.63) is 18.5 Å². The average molecular weight is 480 g/mol. The molecule has 1 aliphatic rings. The molecule has 1 fully saturated rings. The second-order valence-corrected chi connectivity index (χ2v) is 11.2. The van der Waals surface area contributed by atoms with E-state index in [1.807, 2.05) is 0 Å². The Hall–Kier alpha value is -3.11. The molecule has 0 aliphatic carbocycles. The van der Waals surface area contributed by atoms with Gasteiger partial charge < -0.3 is 19.1 Å². The maximum atomic E-state index is 13.2. The molecule has 0 unspecified atom stereocenters. The number of rotatable bonds is 2. The molecule has 0 atom stereocenters. The molecule has 0 N–H and O–H groups in total. The third-order valence-corrected chi connectivity index (χ3v) is 4.20. The van der Waals surface area contributed by atoms with Crippen LogP contribution in [-0.2, 0) is 14.2 Å². The van der Waals surface area contributed by atoms with Gasteiger partial charge in [-0.15, -0.1) is 4.99 Å². The van der Waals surface area contributed by atoms with Gasteiger partial charge in [0.1, 0.15) is 16.8 Å². The van der Waals surface area contributed by atoms with Gasteiger partial charge in [-0.05, 0) is 68.4 Å². The summed E-state index contributed by atoms with van der Waals surface area (Å²) in [6.07, 6.45) is 1.10. The average Bonchev–Trinajstić information content (AvgIpc) is 3.08. The second-order valence-electron chi connectivity index (χ2n) is 11.2. The Labute approximate surface area is 201 Å². The van der Waals surface area contributed by atoms with Crippen LogP contribution in [0.15, 0.2) is 23.5 Å². The van der Waals surface area contributed by atoms with Crippen LogP contribution in [-0.4, -0.2) is 80.3 Å². The van der Waals surface area contributed by atoms with Crippen molar-refractivity contribution in [2.75, 3.05) is 19.6 Å². The first-order valence-electron chi connectivity index (χ1n) is 11.2. The van der Waals surface area contributed by atoms with Crippen LogP contribution >= 0.6 is 0 Å². The Bertz CT molecular complexity index is 900. The zero-order chi connectivity index (χ0) is 25.9. The van der Waals surface area contributed by atoms with Crippen molar-refractivity contribution in [3.8, 4) is 0 Å². The highest BCUT2D eigenvalue weighted by Crippen LogP contribution is 2.22. The van der Waals surface area contributed by atoms with Gasteiger partial charge in [-0.1, -0.05) is 0 Å². The van der Waals surface area contributed by atoms with E-state index in [9.17, 15) is 14.4 Å². The number of nitrogens with zero attached hydrogens (tertiary/aromatic N) is 5. The summed E-state index contributed by atoms with van der Waals surface area (Å²) in [5.74, 6) is -0.136. The minimum absolute atomic E-state index is 0.0516. The quantitative estimate of drug-likeness (QED) is 0.356. The predicted molar refractivity (Wildman–Crippen MR) is 126 cm³/mol. The maximum absolute atomic E-state index is 13.2. The molecule has 0 aromatic carbocycles. The van der Waals surface area contributed by atoms with Crippen LogP contribution in [0, 0.1) is 5.92 Å². The topological polar surface area (TPSA) is 116 Å². The first-order chi connectivity index (χ1) is 15.4. The van der Waals surface area contributed by atoms with Gasteiger partial charge in [-0.25, -0.2) is 24.0 Å². The van der Waals surface area contributed by atoms with Crippen LogP contribution in [0.5, 0.6) is 0 Å². The number of hydrogen-bond acceptors (Lipinski definition) is 7. The SMILES string of the molecule is CC(C)(C)OC(=O)N=C(N(CC1CN(C(=O)OC(C)(C)C)C1)C(=O)OC(C)(C)C)n1cccn1. The van der Waals surface area contributed by atoms with Gasteiger partial charge in [0.15, 0.2) is 0 Å². The number of likely N-dealkylation sites (tertiary alicyclic amines) is 1. The molecule has 190 valence electrons. The number of aromatic nitrogens is 2. The number of hydrogen-bond donors (Lipinski definition) is 0. The third-order valence-electron chi connectivity index (χ3n) is 4.20. The number of carbonyl (C=O) groups is 3. The fourth-order valence-electron chi connectivity index (χ4n) is 2.96. The molecule has 2 rings (SSSR count). The van der Waals surface area contributed by atoms with Gasteiger partial charge in [-0.3, -0.25) is 0 Å². The van der Waals surface area contributed by atoms with Crippen LogP contribution < -0.4 is 0 Å². The summed E-state index contributed by atoms with van der Waals surface area (Å²) in [6.45, 7) is 16.7. The Morgan fingerprint density at radius 2 is 1.50 bits per heavy atom. The van der Waals surface area contributed by atoms with Crippen LogP contribution in [0.25, 0.3) is 0 Å². The van der Waals surface area contributed by atoms with Gasteiger partial charge in [0.05, 0.1) is 0 Å². The van der Waals surface area contributed by atoms with Crippen molar-refractivity contribution in [2.24, 2.45) is 10.9 Å². The molecule has 2 heterocycles. The lowest BCUT2D eigenvalue weighted by Gasteiger charge is -2.41. The zero-order valence-corrected chi connectivity index (χ0v) is 21.6. The van der Waals surface area contributed by atoms with E-state index in [2.05, 4.69) is 10.1 Å². The highest BCUT2D eigenvalue weighted by Gasteiger charge is 2.38. The standard InChI is InChI=1S/C23H37N5O6/c1-21(2,3)32-18(29)25-17(28-12-10-11-24-28)27(20(31)34-23(7,8)9)15-16-13-26(14-16)19(30)33-22(4,5)6/h10-12,16H,13-15H2,1-9H3. The Morgan fingerprint density at radius 1 is 0.941 bits per heavy atom. The minimum Gasteiger partial charge on any atom is -0.444 e. The number of amides is 3. The van der Waals surface area contributed by atoms with Gasteiger partial charge in [0.25, 0.3) is 0 Å². The highest BCUT2D eigenvalue weighted by atomic mass is 16.6. The largest absolute Gasteiger partial charge is 0.444 e. The molecule has 0 radical (unpaired) electrons. The summed E-state index contributed by atoms with van der Waals surface area (Å²) in [6, 6.07) is 1.64. The Balaban J connectivity index is 2.28. The summed E-state index contributed by atoms with van der Waals surface area (Å²) in [5.41, 5.74) is -2.15. The fourth-order valence-corrected chi connectivity index (χ4v) is 2.96. The fraction of sp³-hybridized carbons (Fsp3) is 0.696. The molecule has 1 aliphatic heterocycles. The second kappa shape index (κ2) is 10.0. The number of aliphatic imine (C=N–C) groups is 1. The third kappa shape index (κ3) is 8.68. The molecule has 1 aromatic heterocycles. The van der Waals surface area contributed by atoms with Crippen LogP contribution in [0.4, 0.5) is 14.4 Å².